The van der Waals surface area contributed by atoms with Crippen molar-refractivity contribution in [1.29, 1.82) is 0 Å². The van der Waals surface area contributed by atoms with Gasteiger partial charge in [0.25, 0.3) is 0 Å². The molecule has 0 unspecified atom stereocenters. The van der Waals surface area contributed by atoms with Gasteiger partial charge in [-0.05, 0) is 18.1 Å². The van der Waals surface area contributed by atoms with Crippen LogP contribution in [0.1, 0.15) is 20.8 Å². The minimum Gasteiger partial charge on any atom is -0.0985 e. The molecule has 0 N–H and O–H groups in total. The van der Waals surface area contributed by atoms with Crippen LogP contribution in [-0.4, -0.2) is 0 Å². The van der Waals surface area contributed by atoms with Gasteiger partial charge in [-0.25, -0.2) is 0 Å². The first kappa shape index (κ1) is 14.2. The first-order chi connectivity index (χ1) is 6.26. The van der Waals surface area contributed by atoms with Gasteiger partial charge in [-0.1, -0.05) is 64.0 Å². The smallest absolute Gasteiger partial charge is 0.0196 e. The third kappa shape index (κ3) is 7.07. The Bertz CT molecular complexity index is 214. The number of hydrogen-bond donors (Lipinski definition) is 0. The fraction of sp³-hybridized carbons (Fsp3) is 0.231. The van der Waals surface area contributed by atoms with E-state index in [0.717, 1.165) is 11.1 Å². The Morgan fingerprint density at radius 2 is 1.62 bits per heavy atom. The fourth-order valence-corrected chi connectivity index (χ4v) is 0.624. The lowest BCUT2D eigenvalue weighted by atomic mass is 10.1. The maximum atomic E-state index is 3.81. The molecule has 0 rings (SSSR count). The molecule has 0 aromatic heterocycles. The lowest BCUT2D eigenvalue weighted by molar-refractivity contribution is 1.50. The fourth-order valence-electron chi connectivity index (χ4n) is 0.624. The van der Waals surface area contributed by atoms with Gasteiger partial charge in [0, 0.05) is 0 Å². The molecule has 0 spiro atoms. The second-order valence-corrected chi connectivity index (χ2v) is 2.08. The summed E-state index contributed by atoms with van der Waals surface area (Å²) in [5, 5.41) is 0. The zero-order valence-corrected chi connectivity index (χ0v) is 9.01. The predicted molar refractivity (Wildman–Crippen MR) is 63.8 cm³/mol. The normalized spacial score (nSPS) is 10.2. The number of hydrogen-bond acceptors (Lipinski definition) is 0. The largest absolute Gasteiger partial charge is 0.0985 e. The lowest BCUT2D eigenvalue weighted by Gasteiger charge is -1.97. The molecule has 0 heteroatoms. The maximum absolute atomic E-state index is 3.81. The summed E-state index contributed by atoms with van der Waals surface area (Å²) >= 11 is 0. The molecule has 0 aliphatic heterocycles. The maximum Gasteiger partial charge on any atom is -0.0196 e. The molecule has 0 amide bonds. The van der Waals surface area contributed by atoms with Crippen LogP contribution in [0, 0.1) is 0 Å². The molecule has 72 valence electrons. The van der Waals surface area contributed by atoms with E-state index in [0.29, 0.717) is 0 Å². The summed E-state index contributed by atoms with van der Waals surface area (Å²) < 4.78 is 0. The Balaban J connectivity index is 0. The average Bonchev–Trinajstić information content (AvgIpc) is 2.21. The van der Waals surface area contributed by atoms with Gasteiger partial charge in [-0.3, -0.25) is 0 Å². The Hall–Kier alpha value is -1.30. The van der Waals surface area contributed by atoms with E-state index in [1.807, 2.05) is 39.0 Å². The molecule has 0 bridgehead atoms. The van der Waals surface area contributed by atoms with Crippen LogP contribution in [0.25, 0.3) is 0 Å². The molecule has 0 heterocycles. The topological polar surface area (TPSA) is 0 Å². The molecule has 0 saturated carbocycles. The molecule has 0 nitrogen and oxygen atoms in total. The van der Waals surface area contributed by atoms with Gasteiger partial charge in [0.1, 0.15) is 0 Å². The summed E-state index contributed by atoms with van der Waals surface area (Å²) in [4.78, 5) is 0. The van der Waals surface area contributed by atoms with Gasteiger partial charge < -0.3 is 0 Å². The van der Waals surface area contributed by atoms with Crippen molar-refractivity contribution in [2.45, 2.75) is 20.8 Å². The average molecular weight is 176 g/mol. The van der Waals surface area contributed by atoms with E-state index in [-0.39, 0.29) is 0 Å². The van der Waals surface area contributed by atoms with Gasteiger partial charge in [0.05, 0.1) is 0 Å². The van der Waals surface area contributed by atoms with Crippen LogP contribution in [0.3, 0.4) is 0 Å². The second-order valence-electron chi connectivity index (χ2n) is 2.08. The molecular weight excluding hydrogens is 156 g/mol. The van der Waals surface area contributed by atoms with E-state index in [1.165, 1.54) is 0 Å². The van der Waals surface area contributed by atoms with E-state index in [2.05, 4.69) is 19.7 Å². The zero-order valence-electron chi connectivity index (χ0n) is 9.01. The Morgan fingerprint density at radius 3 is 1.92 bits per heavy atom. The molecule has 0 fully saturated rings. The van der Waals surface area contributed by atoms with E-state index < -0.39 is 0 Å². The van der Waals surface area contributed by atoms with Crippen LogP contribution in [0.2, 0.25) is 0 Å². The van der Waals surface area contributed by atoms with E-state index in [1.54, 1.807) is 12.2 Å². The van der Waals surface area contributed by atoms with Gasteiger partial charge in [0.2, 0.25) is 0 Å². The monoisotopic (exact) mass is 176 g/mol. The summed E-state index contributed by atoms with van der Waals surface area (Å²) in [5.74, 6) is 0. The van der Waals surface area contributed by atoms with Crippen LogP contribution in [0.15, 0.2) is 61.3 Å². The quantitative estimate of drug-likeness (QED) is 0.555. The Kier molecular flexibility index (Phi) is 11.7. The summed E-state index contributed by atoms with van der Waals surface area (Å²) in [5.41, 5.74) is 1.91. The second kappa shape index (κ2) is 10.7. The van der Waals surface area contributed by atoms with Crippen LogP contribution >= 0.6 is 0 Å². The van der Waals surface area contributed by atoms with Crippen molar-refractivity contribution in [3.05, 3.63) is 61.3 Å². The van der Waals surface area contributed by atoms with Gasteiger partial charge in [-0.15, -0.1) is 0 Å². The zero-order chi connectivity index (χ0) is 10.7. The van der Waals surface area contributed by atoms with E-state index in [9.17, 15) is 0 Å². The molecule has 0 aliphatic rings. The van der Waals surface area contributed by atoms with Crippen molar-refractivity contribution in [1.82, 2.24) is 0 Å². The lowest BCUT2D eigenvalue weighted by Crippen LogP contribution is -1.77. The Labute approximate surface area is 82.7 Å². The summed E-state index contributed by atoms with van der Waals surface area (Å²) in [6, 6.07) is 0. The first-order valence-corrected chi connectivity index (χ1v) is 4.53. The van der Waals surface area contributed by atoms with Crippen LogP contribution in [0.5, 0.6) is 0 Å². The summed E-state index contributed by atoms with van der Waals surface area (Å²) in [6.07, 6.45) is 9.35. The van der Waals surface area contributed by atoms with E-state index >= 15 is 0 Å². The highest BCUT2D eigenvalue weighted by Gasteiger charge is 1.89. The van der Waals surface area contributed by atoms with Crippen molar-refractivity contribution in [2.24, 2.45) is 0 Å². The highest BCUT2D eigenvalue weighted by atomic mass is 13.9. The van der Waals surface area contributed by atoms with Crippen molar-refractivity contribution in [3.63, 3.8) is 0 Å². The minimum absolute atomic E-state index is 0.901. The number of rotatable bonds is 4. The Morgan fingerprint density at radius 1 is 1.08 bits per heavy atom. The first-order valence-electron chi connectivity index (χ1n) is 4.53. The molecule has 13 heavy (non-hydrogen) atoms. The summed E-state index contributed by atoms with van der Waals surface area (Å²) in [6.45, 7) is 17.1. The molecule has 0 aromatic carbocycles. The minimum atomic E-state index is 0.901. The van der Waals surface area contributed by atoms with Crippen molar-refractivity contribution >= 4 is 0 Å². The van der Waals surface area contributed by atoms with Gasteiger partial charge in [-0.2, -0.15) is 0 Å². The standard InChI is InChI=1S/C11H14.C2H6/c1-5-8-9-11(7-3)10(4)6-2;1-2/h5-9H,2-4H2,1H3;1-2H3/b8-5-,11-9-;. The molecular formula is C13H20. The van der Waals surface area contributed by atoms with Gasteiger partial charge in [0.15, 0.2) is 0 Å². The van der Waals surface area contributed by atoms with Crippen LogP contribution < -0.4 is 0 Å². The third-order valence-corrected chi connectivity index (χ3v) is 1.31. The summed E-state index contributed by atoms with van der Waals surface area (Å²) in [7, 11) is 0. The number of allylic oxidation sites excluding steroid dienone is 7. The molecule has 0 saturated heterocycles. The molecule has 0 aromatic rings. The van der Waals surface area contributed by atoms with Crippen molar-refractivity contribution < 1.29 is 0 Å². The van der Waals surface area contributed by atoms with Crippen molar-refractivity contribution in [3.8, 4) is 0 Å². The third-order valence-electron chi connectivity index (χ3n) is 1.31. The molecule has 0 atom stereocenters. The highest BCUT2D eigenvalue weighted by molar-refractivity contribution is 5.44. The van der Waals surface area contributed by atoms with Gasteiger partial charge >= 0.3 is 0 Å². The van der Waals surface area contributed by atoms with Crippen LogP contribution in [0.4, 0.5) is 0 Å². The van der Waals surface area contributed by atoms with Crippen molar-refractivity contribution in [2.75, 3.05) is 0 Å². The molecule has 0 radical (unpaired) electrons. The molecule has 0 aliphatic carbocycles. The van der Waals surface area contributed by atoms with E-state index in [4.69, 9.17) is 0 Å². The highest BCUT2D eigenvalue weighted by Crippen LogP contribution is 2.09. The van der Waals surface area contributed by atoms with Crippen LogP contribution in [-0.2, 0) is 0 Å². The predicted octanol–water partition coefficient (Wildman–Crippen LogP) is 4.44. The SMILES string of the molecule is C=CC(=C)/C(C=C)=C\C=C/C.CC.